The molecule has 0 bridgehead atoms. The molecule has 3 rings (SSSR count). The van der Waals surface area contributed by atoms with Gasteiger partial charge in [0.25, 0.3) is 5.56 Å². The van der Waals surface area contributed by atoms with E-state index in [1.807, 2.05) is 4.98 Å². The highest BCUT2D eigenvalue weighted by Gasteiger charge is 2.40. The van der Waals surface area contributed by atoms with Crippen LogP contribution < -0.4 is 11.2 Å². The molecule has 1 unspecified atom stereocenters. The standard InChI is InChI=1S/C18H12Cl2F3N3O2/c1-17(20,10-2-4-11(19)5-3-10)13-7-6-12(8-14(13)18(21,22)23)26-16(28)25-15(27)9-24-26/h2-9H,1H3,(H,25,27,28). The number of alkyl halides is 4. The van der Waals surface area contributed by atoms with Crippen LogP contribution in [0.3, 0.4) is 0 Å². The summed E-state index contributed by atoms with van der Waals surface area (Å²) < 4.78 is 42.0. The van der Waals surface area contributed by atoms with E-state index in [4.69, 9.17) is 23.2 Å². The van der Waals surface area contributed by atoms with Crippen LogP contribution in [-0.2, 0) is 11.1 Å². The Bertz CT molecular complexity index is 1140. The average Bonchev–Trinajstić information content (AvgIpc) is 2.61. The number of hydrogen-bond acceptors (Lipinski definition) is 3. The van der Waals surface area contributed by atoms with E-state index in [-0.39, 0.29) is 11.3 Å². The van der Waals surface area contributed by atoms with Crippen molar-refractivity contribution in [1.29, 1.82) is 0 Å². The van der Waals surface area contributed by atoms with Crippen LogP contribution in [-0.4, -0.2) is 14.8 Å². The zero-order chi connectivity index (χ0) is 20.7. The topological polar surface area (TPSA) is 67.8 Å². The van der Waals surface area contributed by atoms with E-state index in [1.54, 1.807) is 0 Å². The first-order valence-electron chi connectivity index (χ1n) is 7.86. The van der Waals surface area contributed by atoms with Gasteiger partial charge in [0.1, 0.15) is 6.20 Å². The van der Waals surface area contributed by atoms with Crippen LogP contribution in [0.4, 0.5) is 13.2 Å². The Morgan fingerprint density at radius 2 is 1.68 bits per heavy atom. The fourth-order valence-corrected chi connectivity index (χ4v) is 3.18. The maximum Gasteiger partial charge on any atom is 0.416 e. The minimum atomic E-state index is -4.75. The third kappa shape index (κ3) is 3.83. The molecule has 0 radical (unpaired) electrons. The second kappa shape index (κ2) is 7.10. The Morgan fingerprint density at radius 3 is 2.25 bits per heavy atom. The molecule has 0 aliphatic heterocycles. The van der Waals surface area contributed by atoms with Gasteiger partial charge in [-0.05, 0) is 42.3 Å². The summed E-state index contributed by atoms with van der Waals surface area (Å²) in [6.45, 7) is 1.44. The third-order valence-electron chi connectivity index (χ3n) is 4.16. The van der Waals surface area contributed by atoms with Crippen LogP contribution in [0.5, 0.6) is 0 Å². The van der Waals surface area contributed by atoms with Crippen molar-refractivity contribution in [1.82, 2.24) is 14.8 Å². The van der Waals surface area contributed by atoms with Gasteiger partial charge in [0.05, 0.1) is 16.1 Å². The first kappa shape index (κ1) is 20.2. The van der Waals surface area contributed by atoms with Crippen molar-refractivity contribution in [3.05, 3.63) is 91.2 Å². The predicted octanol–water partition coefficient (Wildman–Crippen LogP) is 4.10. The summed E-state index contributed by atoms with van der Waals surface area (Å²) in [6.07, 6.45) is -3.96. The van der Waals surface area contributed by atoms with Crippen LogP contribution in [0.1, 0.15) is 23.6 Å². The van der Waals surface area contributed by atoms with Gasteiger partial charge in [-0.15, -0.1) is 11.6 Å². The van der Waals surface area contributed by atoms with E-state index in [1.165, 1.54) is 43.3 Å². The van der Waals surface area contributed by atoms with Crippen LogP contribution in [0.15, 0.2) is 58.3 Å². The molecule has 0 aliphatic rings. The quantitative estimate of drug-likeness (QED) is 0.637. The van der Waals surface area contributed by atoms with Crippen LogP contribution in [0.2, 0.25) is 5.02 Å². The van der Waals surface area contributed by atoms with Crippen molar-refractivity contribution in [2.24, 2.45) is 0 Å². The van der Waals surface area contributed by atoms with Gasteiger partial charge in [0.2, 0.25) is 0 Å². The number of nitrogens with one attached hydrogen (secondary N) is 1. The fourth-order valence-electron chi connectivity index (χ4n) is 2.76. The molecule has 0 aliphatic carbocycles. The lowest BCUT2D eigenvalue weighted by molar-refractivity contribution is -0.138. The maximum atomic E-state index is 13.8. The van der Waals surface area contributed by atoms with E-state index in [0.717, 1.165) is 12.3 Å². The van der Waals surface area contributed by atoms with E-state index in [0.29, 0.717) is 15.3 Å². The number of aromatic amines is 1. The molecule has 5 nitrogen and oxygen atoms in total. The second-order valence-corrected chi connectivity index (χ2v) is 7.28. The summed E-state index contributed by atoms with van der Waals surface area (Å²) >= 11 is 12.4. The van der Waals surface area contributed by atoms with E-state index in [2.05, 4.69) is 5.10 Å². The number of benzene rings is 2. The second-order valence-electron chi connectivity index (χ2n) is 6.09. The Kier molecular flexibility index (Phi) is 5.12. The van der Waals surface area contributed by atoms with Crippen molar-refractivity contribution in [3.8, 4) is 5.69 Å². The number of H-pyrrole nitrogens is 1. The van der Waals surface area contributed by atoms with Gasteiger partial charge in [0.15, 0.2) is 0 Å². The largest absolute Gasteiger partial charge is 0.416 e. The average molecular weight is 430 g/mol. The first-order chi connectivity index (χ1) is 13.0. The molecule has 3 aromatic rings. The molecule has 146 valence electrons. The zero-order valence-corrected chi connectivity index (χ0v) is 15.7. The normalized spacial score (nSPS) is 13.9. The summed E-state index contributed by atoms with van der Waals surface area (Å²) in [5.74, 6) is 0. The van der Waals surface area contributed by atoms with E-state index < -0.39 is 27.9 Å². The Hall–Kier alpha value is -2.58. The van der Waals surface area contributed by atoms with Crippen LogP contribution in [0.25, 0.3) is 5.69 Å². The highest BCUT2D eigenvalue weighted by molar-refractivity contribution is 6.30. The Morgan fingerprint density at radius 1 is 1.04 bits per heavy atom. The van der Waals surface area contributed by atoms with Gasteiger partial charge in [-0.25, -0.2) is 4.79 Å². The lowest BCUT2D eigenvalue weighted by Crippen LogP contribution is -2.31. The molecule has 0 amide bonds. The molecular formula is C18H12Cl2F3N3O2. The number of nitrogens with zero attached hydrogens (tertiary/aromatic N) is 2. The van der Waals surface area contributed by atoms with Gasteiger partial charge in [0, 0.05) is 5.02 Å². The van der Waals surface area contributed by atoms with Gasteiger partial charge in [-0.2, -0.15) is 23.0 Å². The van der Waals surface area contributed by atoms with Gasteiger partial charge in [-0.1, -0.05) is 29.8 Å². The van der Waals surface area contributed by atoms with Crippen molar-refractivity contribution < 1.29 is 13.2 Å². The zero-order valence-electron chi connectivity index (χ0n) is 14.2. The monoisotopic (exact) mass is 429 g/mol. The molecule has 10 heteroatoms. The third-order valence-corrected chi connectivity index (χ3v) is 4.83. The molecule has 1 N–H and O–H groups in total. The van der Waals surface area contributed by atoms with Gasteiger partial charge >= 0.3 is 11.9 Å². The molecule has 1 aromatic heterocycles. The number of hydrogen-bond donors (Lipinski definition) is 1. The SMILES string of the molecule is CC(Cl)(c1ccc(Cl)cc1)c1ccc(-n2ncc(=O)[nH]c2=O)cc1C(F)(F)F. The fraction of sp³-hybridized carbons (Fsp3) is 0.167. The van der Waals surface area contributed by atoms with Crippen molar-refractivity contribution in [2.45, 2.75) is 18.0 Å². The van der Waals surface area contributed by atoms with Crippen LogP contribution >= 0.6 is 23.2 Å². The predicted molar refractivity (Wildman–Crippen MR) is 99.2 cm³/mol. The molecule has 0 saturated carbocycles. The van der Waals surface area contributed by atoms with Crippen molar-refractivity contribution >= 4 is 23.2 Å². The molecule has 1 atom stereocenters. The smallest absolute Gasteiger partial charge is 0.271 e. The van der Waals surface area contributed by atoms with Gasteiger partial charge < -0.3 is 0 Å². The minimum absolute atomic E-state index is 0.166. The van der Waals surface area contributed by atoms with E-state index >= 15 is 0 Å². The summed E-state index contributed by atoms with van der Waals surface area (Å²) in [5, 5.41) is 4.00. The number of halogens is 5. The van der Waals surface area contributed by atoms with E-state index in [9.17, 15) is 22.8 Å². The molecule has 0 saturated heterocycles. The number of aromatic nitrogens is 3. The molecule has 0 spiro atoms. The summed E-state index contributed by atoms with van der Waals surface area (Å²) in [6, 6.07) is 9.35. The number of rotatable bonds is 3. The molecule has 0 fully saturated rings. The van der Waals surface area contributed by atoms with Crippen molar-refractivity contribution in [3.63, 3.8) is 0 Å². The summed E-state index contributed by atoms with van der Waals surface area (Å²) in [5.41, 5.74) is -2.70. The lowest BCUT2D eigenvalue weighted by Gasteiger charge is -2.27. The summed E-state index contributed by atoms with van der Waals surface area (Å²) in [7, 11) is 0. The maximum absolute atomic E-state index is 13.8. The highest BCUT2D eigenvalue weighted by Crippen LogP contribution is 2.44. The Labute approximate surface area is 166 Å². The summed E-state index contributed by atoms with van der Waals surface area (Å²) in [4.78, 5) is 23.4. The Balaban J connectivity index is 2.21. The molecule has 2 aromatic carbocycles. The van der Waals surface area contributed by atoms with Crippen molar-refractivity contribution in [2.75, 3.05) is 0 Å². The van der Waals surface area contributed by atoms with Gasteiger partial charge in [-0.3, -0.25) is 9.78 Å². The van der Waals surface area contributed by atoms with Crippen LogP contribution in [0, 0.1) is 0 Å². The minimum Gasteiger partial charge on any atom is -0.271 e. The lowest BCUT2D eigenvalue weighted by atomic mass is 9.88. The highest BCUT2D eigenvalue weighted by atomic mass is 35.5. The molecule has 1 heterocycles. The molecular weight excluding hydrogens is 418 g/mol. The first-order valence-corrected chi connectivity index (χ1v) is 8.61. The molecule has 28 heavy (non-hydrogen) atoms.